The van der Waals surface area contributed by atoms with E-state index >= 15 is 0 Å². The van der Waals surface area contributed by atoms with E-state index in [9.17, 15) is 91.3 Å². The fraction of sp³-hybridized carbons (Fsp3) is 0.943. The van der Waals surface area contributed by atoms with Crippen LogP contribution in [0, 0.1) is 0 Å². The maximum atomic E-state index is 13.5. The molecule has 5 heterocycles. The number of aliphatic hydroxyl groups excluding tert-OH is 16. The summed E-state index contributed by atoms with van der Waals surface area (Å²) in [6.07, 6.45) is -8.78. The normalized spacial score (nSPS) is 35.6. The molecule has 5 aliphatic heterocycles. The summed E-state index contributed by atoms with van der Waals surface area (Å²) >= 11 is 0. The average molecular weight is 1450 g/mol. The number of rotatable bonds is 50. The van der Waals surface area contributed by atoms with Gasteiger partial charge in [-0.15, -0.1) is 0 Å². The number of aliphatic hydroxyl groups is 16. The summed E-state index contributed by atoms with van der Waals surface area (Å²) in [5, 5.41) is 181. The van der Waals surface area contributed by atoms with E-state index in [1.54, 1.807) is 6.08 Å². The van der Waals surface area contributed by atoms with Crippen LogP contribution in [0.15, 0.2) is 12.2 Å². The van der Waals surface area contributed by atoms with Gasteiger partial charge in [-0.05, 0) is 19.3 Å². The number of hydrogen-bond acceptors (Lipinski definition) is 28. The molecule has 0 bridgehead atoms. The first-order valence-electron chi connectivity index (χ1n) is 37.5. The molecule has 0 aromatic carbocycles. The number of unbranched alkanes of at least 4 members (excludes halogenated alkanes) is 27. The standard InChI is InChI=1S/C70H128N2O28/c1-4-6-8-10-12-14-16-18-19-20-21-23-25-27-29-31-33-35-50(80)72-43(44(79)34-32-30-28-26-24-22-17-15-13-11-9-7-5-2)41-91-67-59(88)57(86)63(49(40-77)96-67)98-69-61(90)65(54(83)47(38-75)93-69)100-70-60(89)64(53(82)46(37-74)94-70)99-66-51(71-42(3)78)55(84)62(48(39-76)95-66)97-68-58(87)56(85)52(81)45(36-73)92-68/h32,34,43-49,51-70,73-77,79,81-90H,4-31,33,35-41H2,1-3H3,(H,71,78)(H,72,80)/b34-32+/t43-,44+,45?,46?,47?,48?,49?,51?,52-,53-,54-,55+,56-,57+,58?,59?,60?,61?,62+,63+,64-,65-,66-,67+,68-,69-,70+/m0/s1. The molecule has 27 atom stereocenters. The molecule has 5 fully saturated rings. The van der Waals surface area contributed by atoms with Gasteiger partial charge in [-0.3, -0.25) is 9.59 Å². The van der Waals surface area contributed by atoms with E-state index in [2.05, 4.69) is 24.5 Å². The summed E-state index contributed by atoms with van der Waals surface area (Å²) in [4.78, 5) is 26.1. The van der Waals surface area contributed by atoms with Crippen molar-refractivity contribution >= 4 is 11.8 Å². The number of ether oxygens (including phenoxy) is 10. The van der Waals surface area contributed by atoms with Crippen molar-refractivity contribution in [2.75, 3.05) is 39.6 Å². The number of nitrogens with one attached hydrogen (secondary N) is 2. The van der Waals surface area contributed by atoms with Crippen LogP contribution in [0.4, 0.5) is 0 Å². The summed E-state index contributed by atoms with van der Waals surface area (Å²) in [7, 11) is 0. The van der Waals surface area contributed by atoms with E-state index in [0.29, 0.717) is 12.8 Å². The molecule has 100 heavy (non-hydrogen) atoms. The van der Waals surface area contributed by atoms with E-state index in [1.165, 1.54) is 122 Å². The second-order valence-electron chi connectivity index (χ2n) is 27.8. The molecule has 0 saturated carbocycles. The highest BCUT2D eigenvalue weighted by molar-refractivity contribution is 5.76. The maximum absolute atomic E-state index is 13.5. The zero-order valence-corrected chi connectivity index (χ0v) is 59.3. The minimum absolute atomic E-state index is 0.192. The van der Waals surface area contributed by atoms with Crippen LogP contribution in [0.2, 0.25) is 0 Å². The number of hydrogen-bond donors (Lipinski definition) is 18. The topological polar surface area (TPSA) is 474 Å². The van der Waals surface area contributed by atoms with E-state index in [4.69, 9.17) is 47.4 Å². The summed E-state index contributed by atoms with van der Waals surface area (Å²) in [6, 6.07) is -2.77. The quantitative estimate of drug-likeness (QED) is 0.0289. The first-order chi connectivity index (χ1) is 48.2. The third-order valence-electron chi connectivity index (χ3n) is 19.7. The highest BCUT2D eigenvalue weighted by Gasteiger charge is 2.57. The predicted octanol–water partition coefficient (Wildman–Crippen LogP) is 0.388. The molecule has 30 heteroatoms. The van der Waals surface area contributed by atoms with Crippen LogP contribution in [0.25, 0.3) is 0 Å². The van der Waals surface area contributed by atoms with Crippen LogP contribution in [0.1, 0.15) is 213 Å². The third kappa shape index (κ3) is 28.1. The van der Waals surface area contributed by atoms with Crippen molar-refractivity contribution in [1.82, 2.24) is 10.6 Å². The largest absolute Gasteiger partial charge is 0.394 e. The Labute approximate surface area is 589 Å². The van der Waals surface area contributed by atoms with Crippen LogP contribution in [-0.4, -0.2) is 299 Å². The predicted molar refractivity (Wildman–Crippen MR) is 359 cm³/mol. The Morgan fingerprint density at radius 3 is 1.17 bits per heavy atom. The van der Waals surface area contributed by atoms with Crippen LogP contribution in [-0.2, 0) is 57.0 Å². The molecule has 30 nitrogen and oxygen atoms in total. The fourth-order valence-corrected chi connectivity index (χ4v) is 13.6. The van der Waals surface area contributed by atoms with Crippen LogP contribution in [0.5, 0.6) is 0 Å². The lowest BCUT2D eigenvalue weighted by Crippen LogP contribution is -2.70. The van der Waals surface area contributed by atoms with Gasteiger partial charge < -0.3 is 140 Å². The maximum Gasteiger partial charge on any atom is 0.220 e. The molecule has 0 aliphatic carbocycles. The van der Waals surface area contributed by atoms with Crippen LogP contribution in [0.3, 0.4) is 0 Å². The smallest absolute Gasteiger partial charge is 0.220 e. The Kier molecular flexibility index (Phi) is 43.0. The van der Waals surface area contributed by atoms with Gasteiger partial charge in [0.05, 0.1) is 51.8 Å². The van der Waals surface area contributed by atoms with Gasteiger partial charge in [0.25, 0.3) is 0 Å². The summed E-state index contributed by atoms with van der Waals surface area (Å²) < 4.78 is 58.3. The van der Waals surface area contributed by atoms with Gasteiger partial charge in [-0.2, -0.15) is 0 Å². The van der Waals surface area contributed by atoms with Crippen molar-refractivity contribution in [2.24, 2.45) is 0 Å². The number of carbonyl (C=O) groups excluding carboxylic acids is 2. The molecular weight excluding hydrogens is 1320 g/mol. The SMILES string of the molecule is CCCCCCCCCCCCC/C=C/[C@@H](O)[C@H](CO[C@@H]1OC(CO)[C@@H](O[C@@H]2OC(CO)[C@H](O)[C@H](O[C@H]3OC(CO)[C@H](O)[C@H](O[C@@H]4OC(CO)[C@@H](O[C@@H]5OC(CO)[C@H](O)[C@H](O)C5O)[C@H](O)C4NC(C)=O)C3O)C2O)[C@H](O)C1O)NC(=O)CCCCCCCCCCCCCCCCCCC. The van der Waals surface area contributed by atoms with Crippen molar-refractivity contribution in [2.45, 2.75) is 379 Å². The first kappa shape index (κ1) is 88.3. The molecule has 2 amide bonds. The molecular formula is C70H128N2O28. The van der Waals surface area contributed by atoms with Gasteiger partial charge in [0, 0.05) is 13.3 Å². The van der Waals surface area contributed by atoms with Gasteiger partial charge in [-0.25, -0.2) is 0 Å². The lowest BCUT2D eigenvalue weighted by atomic mass is 9.94. The molecule has 0 aromatic heterocycles. The van der Waals surface area contributed by atoms with Crippen molar-refractivity contribution in [3.05, 3.63) is 12.2 Å². The number of allylic oxidation sites excluding steroid dienone is 1. The summed E-state index contributed by atoms with van der Waals surface area (Å²) in [6.45, 7) is 0.345. The molecule has 5 saturated heterocycles. The van der Waals surface area contributed by atoms with E-state index < -0.39 is 211 Å². The average Bonchev–Trinajstić information content (AvgIpc) is 0.779. The van der Waals surface area contributed by atoms with Crippen molar-refractivity contribution in [3.63, 3.8) is 0 Å². The van der Waals surface area contributed by atoms with Gasteiger partial charge in [-0.1, -0.05) is 193 Å². The van der Waals surface area contributed by atoms with Crippen molar-refractivity contribution < 1.29 is 139 Å². The fourth-order valence-electron chi connectivity index (χ4n) is 13.6. The molecule has 0 spiro atoms. The van der Waals surface area contributed by atoms with E-state index in [0.717, 1.165) is 58.3 Å². The molecule has 0 aromatic rings. The Morgan fingerprint density at radius 2 is 0.740 bits per heavy atom. The molecule has 586 valence electrons. The van der Waals surface area contributed by atoms with Crippen LogP contribution < -0.4 is 10.6 Å². The second-order valence-corrected chi connectivity index (χ2v) is 27.8. The zero-order chi connectivity index (χ0) is 73.1. The molecule has 5 aliphatic rings. The van der Waals surface area contributed by atoms with Gasteiger partial charge in [0.15, 0.2) is 31.5 Å². The molecule has 18 N–H and O–H groups in total. The molecule has 10 unspecified atom stereocenters. The van der Waals surface area contributed by atoms with Gasteiger partial charge in [0.2, 0.25) is 11.8 Å². The van der Waals surface area contributed by atoms with Crippen molar-refractivity contribution in [1.29, 1.82) is 0 Å². The minimum atomic E-state index is -2.21. The highest BCUT2D eigenvalue weighted by Crippen LogP contribution is 2.37. The minimum Gasteiger partial charge on any atom is -0.394 e. The van der Waals surface area contributed by atoms with Crippen molar-refractivity contribution in [3.8, 4) is 0 Å². The van der Waals surface area contributed by atoms with E-state index in [1.807, 2.05) is 6.08 Å². The lowest BCUT2D eigenvalue weighted by molar-refractivity contribution is -0.390. The number of carbonyl (C=O) groups is 2. The summed E-state index contributed by atoms with van der Waals surface area (Å²) in [5.74, 6) is -1.14. The Morgan fingerprint density at radius 1 is 0.390 bits per heavy atom. The molecule has 0 radical (unpaired) electrons. The third-order valence-corrected chi connectivity index (χ3v) is 19.7. The Hall–Kier alpha value is -2.36. The lowest BCUT2D eigenvalue weighted by Gasteiger charge is -2.50. The Bertz CT molecular complexity index is 2180. The summed E-state index contributed by atoms with van der Waals surface area (Å²) in [5.41, 5.74) is 0. The zero-order valence-electron chi connectivity index (χ0n) is 59.3. The highest BCUT2D eigenvalue weighted by atomic mass is 16.8. The van der Waals surface area contributed by atoms with Gasteiger partial charge >= 0.3 is 0 Å². The van der Waals surface area contributed by atoms with E-state index in [-0.39, 0.29) is 12.3 Å². The monoisotopic (exact) mass is 1440 g/mol. The van der Waals surface area contributed by atoms with Crippen LogP contribution >= 0.6 is 0 Å². The second kappa shape index (κ2) is 48.8. The first-order valence-corrected chi connectivity index (χ1v) is 37.5. The number of amides is 2. The molecule has 5 rings (SSSR count). The van der Waals surface area contributed by atoms with Gasteiger partial charge in [0.1, 0.15) is 122 Å². The Balaban J connectivity index is 1.19.